The molecule has 1 aliphatic heterocycles. The van der Waals surface area contributed by atoms with Gasteiger partial charge in [-0.15, -0.1) is 12.4 Å². The van der Waals surface area contributed by atoms with Crippen LogP contribution in [-0.4, -0.2) is 41.1 Å². The third-order valence-corrected chi connectivity index (χ3v) is 3.87. The van der Waals surface area contributed by atoms with E-state index >= 15 is 0 Å². The summed E-state index contributed by atoms with van der Waals surface area (Å²) in [5.74, 6) is 0.801. The van der Waals surface area contributed by atoms with Crippen LogP contribution in [0.4, 0.5) is 11.6 Å². The van der Waals surface area contributed by atoms with E-state index in [1.807, 2.05) is 7.05 Å². The zero-order valence-electron chi connectivity index (χ0n) is 11.7. The normalized spacial score (nSPS) is 16.0. The molecular weight excluding hydrogens is 294 g/mol. The van der Waals surface area contributed by atoms with Gasteiger partial charge in [-0.3, -0.25) is 10.1 Å². The van der Waals surface area contributed by atoms with Gasteiger partial charge in [-0.1, -0.05) is 0 Å². The predicted molar refractivity (Wildman–Crippen MR) is 84.3 cm³/mol. The lowest BCUT2D eigenvalue weighted by atomic mass is 10.1. The number of nitrogens with zero attached hydrogens (tertiary/aromatic N) is 3. The van der Waals surface area contributed by atoms with Crippen LogP contribution in [0.25, 0.3) is 11.0 Å². The molecule has 0 radical (unpaired) electrons. The number of piperidine rings is 1. The summed E-state index contributed by atoms with van der Waals surface area (Å²) in [4.78, 5) is 20.3. The summed E-state index contributed by atoms with van der Waals surface area (Å²) in [7, 11) is 1.99. The summed E-state index contributed by atoms with van der Waals surface area (Å²) >= 11 is 0. The first-order valence-corrected chi connectivity index (χ1v) is 6.74. The smallest absolute Gasteiger partial charge is 0.271 e. The van der Waals surface area contributed by atoms with E-state index in [2.05, 4.69) is 20.2 Å². The number of nitrogens with one attached hydrogen (secondary N) is 2. The van der Waals surface area contributed by atoms with Crippen LogP contribution in [0, 0.1) is 10.1 Å². The molecule has 2 heterocycles. The van der Waals surface area contributed by atoms with Crippen molar-refractivity contribution < 1.29 is 4.92 Å². The van der Waals surface area contributed by atoms with E-state index in [1.54, 1.807) is 6.07 Å². The number of benzene rings is 1. The predicted octanol–water partition coefficient (Wildman–Crippen LogP) is 2.08. The molecule has 2 aromatic rings. The van der Waals surface area contributed by atoms with E-state index in [1.165, 1.54) is 12.1 Å². The molecule has 7 nitrogen and oxygen atoms in total. The summed E-state index contributed by atoms with van der Waals surface area (Å²) in [6.45, 7) is 1.88. The van der Waals surface area contributed by atoms with E-state index in [0.29, 0.717) is 11.6 Å². The van der Waals surface area contributed by atoms with Crippen molar-refractivity contribution in [2.75, 3.05) is 25.0 Å². The molecule has 2 N–H and O–H groups in total. The van der Waals surface area contributed by atoms with Crippen LogP contribution >= 0.6 is 12.4 Å². The number of fused-ring (bicyclic) bond motifs is 1. The fraction of sp³-hybridized carbons (Fsp3) is 0.462. The lowest BCUT2D eigenvalue weighted by Crippen LogP contribution is -2.41. The van der Waals surface area contributed by atoms with E-state index < -0.39 is 4.92 Å². The molecule has 0 aliphatic carbocycles. The number of rotatable bonds is 3. The lowest BCUT2D eigenvalue weighted by Gasteiger charge is -2.31. The Balaban J connectivity index is 0.00000161. The molecular formula is C13H18ClN5O2. The number of aromatic amines is 1. The number of aromatic nitrogens is 2. The SMILES string of the molecule is CNC1CCN(c2nc3ccc([N+](=O)[O-])cc3[nH]2)CC1.Cl. The van der Waals surface area contributed by atoms with Crippen LogP contribution in [-0.2, 0) is 0 Å². The van der Waals surface area contributed by atoms with Crippen LogP contribution in [0.5, 0.6) is 0 Å². The zero-order chi connectivity index (χ0) is 14.1. The van der Waals surface area contributed by atoms with Crippen molar-refractivity contribution in [1.82, 2.24) is 15.3 Å². The highest BCUT2D eigenvalue weighted by atomic mass is 35.5. The molecule has 0 unspecified atom stereocenters. The molecule has 0 spiro atoms. The Kier molecular flexibility index (Phi) is 4.64. The Hall–Kier alpha value is -1.86. The maximum absolute atomic E-state index is 10.8. The van der Waals surface area contributed by atoms with E-state index in [4.69, 9.17) is 0 Å². The molecule has 0 amide bonds. The van der Waals surface area contributed by atoms with Crippen LogP contribution in [0.15, 0.2) is 18.2 Å². The van der Waals surface area contributed by atoms with E-state index in [-0.39, 0.29) is 18.1 Å². The van der Waals surface area contributed by atoms with Crippen LogP contribution in [0.2, 0.25) is 0 Å². The summed E-state index contributed by atoms with van der Waals surface area (Å²) in [5.41, 5.74) is 1.56. The standard InChI is InChI=1S/C13H17N5O2.ClH/c1-14-9-4-6-17(7-5-9)13-15-11-3-2-10(18(19)20)8-12(11)16-13;/h2-3,8-9,14H,4-7H2,1H3,(H,15,16);1H. The van der Waals surface area contributed by atoms with Crippen molar-refractivity contribution in [3.05, 3.63) is 28.3 Å². The molecule has 1 aromatic carbocycles. The molecule has 1 aliphatic rings. The summed E-state index contributed by atoms with van der Waals surface area (Å²) < 4.78 is 0. The number of hydrogen-bond donors (Lipinski definition) is 2. The topological polar surface area (TPSA) is 87.1 Å². The number of nitro benzene ring substituents is 1. The second-order valence-electron chi connectivity index (χ2n) is 5.07. The minimum absolute atomic E-state index is 0. The second-order valence-corrected chi connectivity index (χ2v) is 5.07. The van der Waals surface area contributed by atoms with Gasteiger partial charge < -0.3 is 15.2 Å². The van der Waals surface area contributed by atoms with E-state index in [0.717, 1.165) is 37.4 Å². The van der Waals surface area contributed by atoms with Crippen LogP contribution in [0.1, 0.15) is 12.8 Å². The van der Waals surface area contributed by atoms with Gasteiger partial charge >= 0.3 is 0 Å². The van der Waals surface area contributed by atoms with Gasteiger partial charge in [0.25, 0.3) is 5.69 Å². The highest BCUT2D eigenvalue weighted by molar-refractivity contribution is 5.85. The van der Waals surface area contributed by atoms with Crippen molar-refractivity contribution in [3.8, 4) is 0 Å². The maximum Gasteiger partial charge on any atom is 0.271 e. The number of imidazole rings is 1. The van der Waals surface area contributed by atoms with Crippen molar-refractivity contribution in [2.45, 2.75) is 18.9 Å². The molecule has 0 bridgehead atoms. The molecule has 3 rings (SSSR count). The molecule has 21 heavy (non-hydrogen) atoms. The van der Waals surface area contributed by atoms with Crippen molar-refractivity contribution in [1.29, 1.82) is 0 Å². The Morgan fingerprint density at radius 2 is 2.14 bits per heavy atom. The van der Waals surface area contributed by atoms with Gasteiger partial charge in [0.15, 0.2) is 0 Å². The first-order chi connectivity index (χ1) is 9.67. The number of hydrogen-bond acceptors (Lipinski definition) is 5. The van der Waals surface area contributed by atoms with Gasteiger partial charge in [0, 0.05) is 31.3 Å². The van der Waals surface area contributed by atoms with Crippen LogP contribution < -0.4 is 10.2 Å². The first kappa shape index (κ1) is 15.5. The molecule has 0 atom stereocenters. The average Bonchev–Trinajstić information content (AvgIpc) is 2.90. The van der Waals surface area contributed by atoms with Crippen molar-refractivity contribution in [2.24, 2.45) is 0 Å². The minimum atomic E-state index is -0.391. The number of nitro groups is 1. The third kappa shape index (κ3) is 3.08. The first-order valence-electron chi connectivity index (χ1n) is 6.74. The Bertz CT molecular complexity index is 637. The van der Waals surface area contributed by atoms with Gasteiger partial charge in [-0.05, 0) is 26.0 Å². The number of non-ortho nitro benzene ring substituents is 1. The highest BCUT2D eigenvalue weighted by Gasteiger charge is 2.20. The Morgan fingerprint density at radius 3 is 2.76 bits per heavy atom. The minimum Gasteiger partial charge on any atom is -0.342 e. The third-order valence-electron chi connectivity index (χ3n) is 3.87. The molecule has 0 saturated carbocycles. The molecule has 114 valence electrons. The largest absolute Gasteiger partial charge is 0.342 e. The monoisotopic (exact) mass is 311 g/mol. The number of halogens is 1. The quantitative estimate of drug-likeness (QED) is 0.669. The second kappa shape index (κ2) is 6.28. The maximum atomic E-state index is 10.8. The number of anilines is 1. The van der Waals surface area contributed by atoms with Gasteiger partial charge in [-0.25, -0.2) is 4.98 Å². The van der Waals surface area contributed by atoms with Crippen molar-refractivity contribution in [3.63, 3.8) is 0 Å². The lowest BCUT2D eigenvalue weighted by molar-refractivity contribution is -0.384. The molecule has 1 fully saturated rings. The highest BCUT2D eigenvalue weighted by Crippen LogP contribution is 2.24. The van der Waals surface area contributed by atoms with Gasteiger partial charge in [0.2, 0.25) is 5.95 Å². The van der Waals surface area contributed by atoms with Gasteiger partial charge in [-0.2, -0.15) is 0 Å². The van der Waals surface area contributed by atoms with Crippen molar-refractivity contribution >= 4 is 35.1 Å². The molecule has 1 saturated heterocycles. The zero-order valence-corrected chi connectivity index (χ0v) is 12.5. The fourth-order valence-corrected chi connectivity index (χ4v) is 2.63. The summed E-state index contributed by atoms with van der Waals surface area (Å²) in [6, 6.07) is 5.27. The van der Waals surface area contributed by atoms with Gasteiger partial charge in [0.1, 0.15) is 0 Å². The summed E-state index contributed by atoms with van der Waals surface area (Å²) in [6.07, 6.45) is 2.15. The van der Waals surface area contributed by atoms with E-state index in [9.17, 15) is 10.1 Å². The Labute approximate surface area is 128 Å². The van der Waals surface area contributed by atoms with Crippen LogP contribution in [0.3, 0.4) is 0 Å². The fourth-order valence-electron chi connectivity index (χ4n) is 2.63. The number of H-pyrrole nitrogens is 1. The molecule has 1 aromatic heterocycles. The Morgan fingerprint density at radius 1 is 1.43 bits per heavy atom. The average molecular weight is 312 g/mol. The molecule has 8 heteroatoms. The summed E-state index contributed by atoms with van der Waals surface area (Å²) in [5, 5.41) is 14.1. The van der Waals surface area contributed by atoms with Gasteiger partial charge in [0.05, 0.1) is 16.0 Å².